The van der Waals surface area contributed by atoms with Crippen LogP contribution in [0.2, 0.25) is 0 Å². The van der Waals surface area contributed by atoms with E-state index in [4.69, 9.17) is 9.97 Å². The fraction of sp³-hybridized carbons (Fsp3) is 0.0588. The molecular formula is C51H39N3O. The summed E-state index contributed by atoms with van der Waals surface area (Å²) < 4.78 is 2.20. The largest absolute Gasteiger partial charge is 0.507 e. The molecule has 55 heavy (non-hydrogen) atoms. The number of hydrogen-bond donors (Lipinski definition) is 1. The van der Waals surface area contributed by atoms with Crippen molar-refractivity contribution in [3.8, 4) is 78.6 Å². The number of aryl methyl sites for hydroxylation is 2. The van der Waals surface area contributed by atoms with Crippen molar-refractivity contribution in [3.05, 3.63) is 193 Å². The average molecular weight is 710 g/mol. The van der Waals surface area contributed by atoms with Crippen LogP contribution in [0.5, 0.6) is 5.75 Å². The molecule has 0 aliphatic heterocycles. The lowest BCUT2D eigenvalue weighted by atomic mass is 9.93. The van der Waals surface area contributed by atoms with Crippen molar-refractivity contribution in [1.29, 1.82) is 0 Å². The predicted octanol–water partition coefficient (Wildman–Crippen LogP) is 13.1. The highest BCUT2D eigenvalue weighted by atomic mass is 16.3. The first-order chi connectivity index (χ1) is 26.9. The molecule has 1 N–H and O–H groups in total. The van der Waals surface area contributed by atoms with Crippen molar-refractivity contribution in [2.45, 2.75) is 20.8 Å². The van der Waals surface area contributed by atoms with Gasteiger partial charge in [0.15, 0.2) is 0 Å². The predicted molar refractivity (Wildman–Crippen MR) is 227 cm³/mol. The highest BCUT2D eigenvalue weighted by Crippen LogP contribution is 2.41. The van der Waals surface area contributed by atoms with E-state index in [9.17, 15) is 5.11 Å². The van der Waals surface area contributed by atoms with Crippen LogP contribution in [-0.4, -0.2) is 19.6 Å². The van der Waals surface area contributed by atoms with Crippen LogP contribution in [0.15, 0.2) is 176 Å². The molecule has 0 unspecified atom stereocenters. The standard InChI is InChI=1S/C51H39N3O/c1-33-21-23-37(24-22-33)39-25-26-52-47(31-39)42-29-40(36-13-6-4-7-14-36)28-41(30-42)44-18-12-19-48-50(44)53-51(45-17-10-11-20-49(45)55)54(48)43-27-34(2)35(3)46(32-43)38-15-8-5-9-16-38/h4-32,55H,1-3H3. The van der Waals surface area contributed by atoms with Crippen molar-refractivity contribution in [1.82, 2.24) is 14.5 Å². The quantitative estimate of drug-likeness (QED) is 0.179. The van der Waals surface area contributed by atoms with Crippen molar-refractivity contribution in [2.24, 2.45) is 0 Å². The Morgan fingerprint density at radius 3 is 1.89 bits per heavy atom. The fourth-order valence-electron chi connectivity index (χ4n) is 7.57. The molecule has 0 amide bonds. The van der Waals surface area contributed by atoms with E-state index in [0.29, 0.717) is 11.4 Å². The highest BCUT2D eigenvalue weighted by molar-refractivity contribution is 5.98. The van der Waals surface area contributed by atoms with E-state index in [2.05, 4.69) is 159 Å². The molecule has 9 rings (SSSR count). The van der Waals surface area contributed by atoms with E-state index in [1.54, 1.807) is 6.07 Å². The Morgan fingerprint density at radius 1 is 0.473 bits per heavy atom. The van der Waals surface area contributed by atoms with Gasteiger partial charge in [-0.25, -0.2) is 4.98 Å². The van der Waals surface area contributed by atoms with E-state index in [1.807, 2.05) is 36.5 Å². The maximum Gasteiger partial charge on any atom is 0.149 e. The molecule has 7 aromatic carbocycles. The Bertz CT molecular complexity index is 2840. The van der Waals surface area contributed by atoms with Gasteiger partial charge in [0.05, 0.1) is 22.3 Å². The van der Waals surface area contributed by atoms with Gasteiger partial charge in [0.25, 0.3) is 0 Å². The van der Waals surface area contributed by atoms with Crippen LogP contribution >= 0.6 is 0 Å². The van der Waals surface area contributed by atoms with Crippen LogP contribution in [0.1, 0.15) is 16.7 Å². The summed E-state index contributed by atoms with van der Waals surface area (Å²) in [7, 11) is 0. The van der Waals surface area contributed by atoms with Crippen molar-refractivity contribution >= 4 is 11.0 Å². The van der Waals surface area contributed by atoms with Crippen LogP contribution in [0.3, 0.4) is 0 Å². The monoisotopic (exact) mass is 709 g/mol. The van der Waals surface area contributed by atoms with E-state index in [-0.39, 0.29) is 5.75 Å². The topological polar surface area (TPSA) is 50.9 Å². The number of pyridine rings is 1. The Labute approximate surface area is 321 Å². The average Bonchev–Trinajstić information content (AvgIpc) is 3.62. The van der Waals surface area contributed by atoms with Gasteiger partial charge in [-0.05, 0) is 132 Å². The van der Waals surface area contributed by atoms with Gasteiger partial charge in [0.2, 0.25) is 0 Å². The van der Waals surface area contributed by atoms with Crippen molar-refractivity contribution < 1.29 is 5.11 Å². The number of benzene rings is 7. The SMILES string of the molecule is Cc1ccc(-c2ccnc(-c3cc(-c4ccccc4)cc(-c4cccc5c4nc(-c4ccccc4O)n5-c4cc(C)c(C)c(-c5ccccc5)c4)c3)c2)cc1. The molecule has 0 radical (unpaired) electrons. The molecule has 0 saturated carbocycles. The van der Waals surface area contributed by atoms with Crippen LogP contribution in [-0.2, 0) is 0 Å². The van der Waals surface area contributed by atoms with Gasteiger partial charge in [-0.15, -0.1) is 0 Å². The number of nitrogens with zero attached hydrogens (tertiary/aromatic N) is 3. The third-order valence-corrected chi connectivity index (χ3v) is 10.6. The summed E-state index contributed by atoms with van der Waals surface area (Å²) in [6.45, 7) is 6.45. The smallest absolute Gasteiger partial charge is 0.149 e. The van der Waals surface area contributed by atoms with Crippen molar-refractivity contribution in [2.75, 3.05) is 0 Å². The number of aromatic nitrogens is 3. The maximum atomic E-state index is 11.3. The van der Waals surface area contributed by atoms with Crippen LogP contribution < -0.4 is 0 Å². The normalized spacial score (nSPS) is 11.3. The first-order valence-corrected chi connectivity index (χ1v) is 18.6. The van der Waals surface area contributed by atoms with E-state index >= 15 is 0 Å². The summed E-state index contributed by atoms with van der Waals surface area (Å²) in [4.78, 5) is 10.3. The third-order valence-electron chi connectivity index (χ3n) is 10.6. The van der Waals surface area contributed by atoms with Gasteiger partial charge in [0, 0.05) is 23.0 Å². The summed E-state index contributed by atoms with van der Waals surface area (Å²) >= 11 is 0. The van der Waals surface area contributed by atoms with Gasteiger partial charge in [-0.1, -0.05) is 115 Å². The Hall–Kier alpha value is -7.04. The Morgan fingerprint density at radius 2 is 1.13 bits per heavy atom. The third kappa shape index (κ3) is 6.38. The molecule has 0 spiro atoms. The van der Waals surface area contributed by atoms with Crippen LogP contribution in [0.25, 0.3) is 83.9 Å². The minimum Gasteiger partial charge on any atom is -0.507 e. The number of fused-ring (bicyclic) bond motifs is 1. The highest BCUT2D eigenvalue weighted by Gasteiger charge is 2.21. The number of rotatable bonds is 7. The molecule has 0 saturated heterocycles. The molecule has 4 nitrogen and oxygen atoms in total. The fourth-order valence-corrected chi connectivity index (χ4v) is 7.57. The second kappa shape index (κ2) is 14.1. The molecule has 9 aromatic rings. The second-order valence-corrected chi connectivity index (χ2v) is 14.2. The van der Waals surface area contributed by atoms with Gasteiger partial charge in [-0.3, -0.25) is 9.55 Å². The molecule has 2 aromatic heterocycles. The Balaban J connectivity index is 1.28. The maximum absolute atomic E-state index is 11.3. The number of phenolic OH excluding ortho intramolecular Hbond substituents is 1. The van der Waals surface area contributed by atoms with Gasteiger partial charge >= 0.3 is 0 Å². The zero-order valence-electron chi connectivity index (χ0n) is 31.0. The first-order valence-electron chi connectivity index (χ1n) is 18.6. The molecule has 0 fully saturated rings. The molecule has 0 aliphatic rings. The molecule has 4 heteroatoms. The number of aromatic hydroxyl groups is 1. The number of hydrogen-bond acceptors (Lipinski definition) is 3. The van der Waals surface area contributed by atoms with Gasteiger partial charge in [0.1, 0.15) is 11.6 Å². The summed E-state index contributed by atoms with van der Waals surface area (Å²) in [5, 5.41) is 11.3. The molecular weight excluding hydrogens is 671 g/mol. The number of para-hydroxylation sites is 2. The lowest BCUT2D eigenvalue weighted by molar-refractivity contribution is 0.477. The van der Waals surface area contributed by atoms with Crippen LogP contribution in [0, 0.1) is 20.8 Å². The summed E-state index contributed by atoms with van der Waals surface area (Å²) in [6, 6.07) is 58.9. The zero-order valence-corrected chi connectivity index (χ0v) is 31.0. The number of imidazole rings is 1. The molecule has 0 aliphatic carbocycles. The summed E-state index contributed by atoms with van der Waals surface area (Å²) in [5.41, 5.74) is 17.8. The van der Waals surface area contributed by atoms with Crippen LogP contribution in [0.4, 0.5) is 0 Å². The van der Waals surface area contributed by atoms with Crippen molar-refractivity contribution in [3.63, 3.8) is 0 Å². The molecule has 0 atom stereocenters. The Kier molecular flexibility index (Phi) is 8.64. The summed E-state index contributed by atoms with van der Waals surface area (Å²) in [5.74, 6) is 0.857. The molecule has 264 valence electrons. The summed E-state index contributed by atoms with van der Waals surface area (Å²) in [6.07, 6.45) is 1.90. The number of phenols is 1. The zero-order chi connectivity index (χ0) is 37.5. The lowest BCUT2D eigenvalue weighted by Crippen LogP contribution is -2.00. The molecule has 2 heterocycles. The first kappa shape index (κ1) is 33.8. The van der Waals surface area contributed by atoms with E-state index in [0.717, 1.165) is 72.5 Å². The molecule has 0 bridgehead atoms. The van der Waals surface area contributed by atoms with Gasteiger partial charge < -0.3 is 5.11 Å². The minimum atomic E-state index is 0.181. The van der Waals surface area contributed by atoms with Gasteiger partial charge in [-0.2, -0.15) is 0 Å². The van der Waals surface area contributed by atoms with E-state index in [1.165, 1.54) is 16.7 Å². The minimum absolute atomic E-state index is 0.181. The second-order valence-electron chi connectivity index (χ2n) is 14.2. The van der Waals surface area contributed by atoms with E-state index < -0.39 is 0 Å². The lowest BCUT2D eigenvalue weighted by Gasteiger charge is -2.16.